The molecule has 0 bridgehead atoms. The number of alkyl halides is 2. The minimum Gasteiger partial charge on any atom is -0.444 e. The maximum Gasteiger partial charge on any atom is 0.410 e. The summed E-state index contributed by atoms with van der Waals surface area (Å²) in [6, 6.07) is 27.5. The first-order valence-corrected chi connectivity index (χ1v) is 22.2. The zero-order valence-electron chi connectivity index (χ0n) is 35.1. The van der Waals surface area contributed by atoms with Crippen molar-refractivity contribution in [3.05, 3.63) is 131 Å². The molecular weight excluding hydrogens is 775 g/mol. The van der Waals surface area contributed by atoms with Crippen molar-refractivity contribution in [3.63, 3.8) is 0 Å². The van der Waals surface area contributed by atoms with Gasteiger partial charge in [-0.1, -0.05) is 99.6 Å². The van der Waals surface area contributed by atoms with Gasteiger partial charge in [0.15, 0.2) is 0 Å². The molecule has 4 aromatic carbocycles. The van der Waals surface area contributed by atoms with Crippen LogP contribution in [0.15, 0.2) is 97.1 Å². The average Bonchev–Trinajstić information content (AvgIpc) is 3.51. The van der Waals surface area contributed by atoms with Gasteiger partial charge in [0.1, 0.15) is 17.2 Å². The second-order valence-corrected chi connectivity index (χ2v) is 22.5. The maximum atomic E-state index is 16.9. The van der Waals surface area contributed by atoms with Gasteiger partial charge in [0.25, 0.3) is 14.2 Å². The van der Waals surface area contributed by atoms with Gasteiger partial charge >= 0.3 is 6.09 Å². The van der Waals surface area contributed by atoms with Crippen LogP contribution in [0, 0.1) is 17.6 Å². The number of hydrogen-bond donors (Lipinski definition) is 1. The highest BCUT2D eigenvalue weighted by Crippen LogP contribution is 2.45. The Morgan fingerprint density at radius 2 is 1.42 bits per heavy atom. The number of para-hydroxylation sites is 1. The largest absolute Gasteiger partial charge is 0.444 e. The van der Waals surface area contributed by atoms with Crippen molar-refractivity contribution >= 4 is 35.7 Å². The minimum atomic E-state index is -3.43. The summed E-state index contributed by atoms with van der Waals surface area (Å²) < 4.78 is 85.5. The first-order valence-electron chi connectivity index (χ1n) is 20.3. The quantitative estimate of drug-likeness (QED) is 0.106. The highest BCUT2D eigenvalue weighted by molar-refractivity contribution is 6.99. The standard InChI is InChI=1S/C47H55F4N3O4Si/c1-30-23-36-35-21-15-16-22-39(35)52-41(36)42(40-37(48)24-31(25-38(40)49)43(56-8)32-26-53(27-32)44(55)58-45(2,3)4)54(30)28-47(50,51)29-57-59(46(5,6)7,33-17-11-9-12-18-33)34-19-13-10-14-20-34/h9-22,24-25,30,32,42-43,52H,23,26-29H2,1-8H3/t30-,42-,43?/m1/s1. The van der Waals surface area contributed by atoms with E-state index in [1.165, 1.54) is 29.0 Å². The summed E-state index contributed by atoms with van der Waals surface area (Å²) in [5, 5.41) is 2.10. The molecule has 2 aliphatic heterocycles. The molecule has 0 saturated carbocycles. The fraction of sp³-hybridized carbons (Fsp3) is 0.426. The second kappa shape index (κ2) is 16.2. The number of methoxy groups -OCH3 is 1. The summed E-state index contributed by atoms with van der Waals surface area (Å²) in [5.74, 6) is -5.41. The van der Waals surface area contributed by atoms with Crippen molar-refractivity contribution in [1.29, 1.82) is 0 Å². The van der Waals surface area contributed by atoms with Crippen molar-refractivity contribution in [2.24, 2.45) is 5.92 Å². The molecule has 1 saturated heterocycles. The van der Waals surface area contributed by atoms with E-state index in [1.54, 1.807) is 20.8 Å². The lowest BCUT2D eigenvalue weighted by molar-refractivity contribution is -0.0825. The molecule has 2 aliphatic rings. The molecule has 0 spiro atoms. The molecule has 3 atom stereocenters. The number of benzene rings is 4. The van der Waals surface area contributed by atoms with Crippen LogP contribution >= 0.6 is 0 Å². The van der Waals surface area contributed by atoms with E-state index in [9.17, 15) is 4.79 Å². The number of carbonyl (C=O) groups is 1. The fourth-order valence-electron chi connectivity index (χ4n) is 9.16. The van der Waals surface area contributed by atoms with Crippen LogP contribution in [0.4, 0.5) is 22.4 Å². The molecule has 12 heteroatoms. The summed E-state index contributed by atoms with van der Waals surface area (Å²) in [5.41, 5.74) is 1.35. The van der Waals surface area contributed by atoms with Crippen LogP contribution in [-0.4, -0.2) is 80.1 Å². The van der Waals surface area contributed by atoms with Gasteiger partial charge in [0.05, 0.1) is 25.3 Å². The number of nitrogens with one attached hydrogen (secondary N) is 1. The molecule has 1 unspecified atom stereocenters. The van der Waals surface area contributed by atoms with Crippen LogP contribution in [0.1, 0.15) is 83.0 Å². The number of H-pyrrole nitrogens is 1. The van der Waals surface area contributed by atoms with Crippen molar-refractivity contribution < 1.29 is 36.3 Å². The number of nitrogens with zero attached hydrogens (tertiary/aromatic N) is 2. The molecule has 1 amide bonds. The number of halogens is 4. The smallest absolute Gasteiger partial charge is 0.410 e. The van der Waals surface area contributed by atoms with Gasteiger partial charge in [-0.15, -0.1) is 0 Å². The Bertz CT molecular complexity index is 2210. The van der Waals surface area contributed by atoms with E-state index >= 15 is 17.6 Å². The molecule has 5 aromatic rings. The zero-order valence-corrected chi connectivity index (χ0v) is 36.1. The summed E-state index contributed by atoms with van der Waals surface area (Å²) in [6.07, 6.45) is -0.796. The molecule has 1 N–H and O–H groups in total. The Hall–Kier alpha value is -4.49. The van der Waals surface area contributed by atoms with Crippen molar-refractivity contribution in [2.75, 3.05) is 33.4 Å². The Kier molecular flexibility index (Phi) is 11.7. The highest BCUT2D eigenvalue weighted by atomic mass is 28.4. The minimum absolute atomic E-state index is 0.238. The van der Waals surface area contributed by atoms with Crippen LogP contribution in [0.5, 0.6) is 0 Å². The van der Waals surface area contributed by atoms with Crippen molar-refractivity contribution in [2.45, 2.75) is 89.6 Å². The number of aromatic nitrogens is 1. The molecule has 0 aliphatic carbocycles. The predicted molar refractivity (Wildman–Crippen MR) is 226 cm³/mol. The number of hydrogen-bond acceptors (Lipinski definition) is 5. The number of likely N-dealkylation sites (tertiary alicyclic amines) is 1. The van der Waals surface area contributed by atoms with Crippen LogP contribution in [-0.2, 0) is 20.3 Å². The third kappa shape index (κ3) is 8.33. The maximum absolute atomic E-state index is 16.9. The number of carbonyl (C=O) groups excluding carboxylic acids is 1. The monoisotopic (exact) mass is 829 g/mol. The van der Waals surface area contributed by atoms with Crippen LogP contribution < -0.4 is 10.4 Å². The van der Waals surface area contributed by atoms with Crippen LogP contribution in [0.25, 0.3) is 10.9 Å². The van der Waals surface area contributed by atoms with E-state index < -0.39 is 73.9 Å². The topological polar surface area (TPSA) is 67.0 Å². The summed E-state index contributed by atoms with van der Waals surface area (Å²) in [7, 11) is -1.87. The van der Waals surface area contributed by atoms with E-state index in [4.69, 9.17) is 13.9 Å². The first-order chi connectivity index (χ1) is 27.8. The Morgan fingerprint density at radius 1 is 0.864 bits per heavy atom. The van der Waals surface area contributed by atoms with Gasteiger partial charge in [-0.3, -0.25) is 4.90 Å². The number of amides is 1. The van der Waals surface area contributed by atoms with Crippen LogP contribution in [0.3, 0.4) is 0 Å². The van der Waals surface area contributed by atoms with Gasteiger partial charge in [-0.05, 0) is 78.9 Å². The third-order valence-corrected chi connectivity index (χ3v) is 16.8. The third-order valence-electron chi connectivity index (χ3n) is 11.8. The van der Waals surface area contributed by atoms with Gasteiger partial charge in [0.2, 0.25) is 0 Å². The van der Waals surface area contributed by atoms with Gasteiger partial charge < -0.3 is 23.8 Å². The highest BCUT2D eigenvalue weighted by Gasteiger charge is 2.53. The predicted octanol–water partition coefficient (Wildman–Crippen LogP) is 9.55. The van der Waals surface area contributed by atoms with Crippen molar-refractivity contribution in [3.8, 4) is 0 Å². The summed E-state index contributed by atoms with van der Waals surface area (Å²) in [4.78, 5) is 19.0. The van der Waals surface area contributed by atoms with E-state index in [0.29, 0.717) is 12.1 Å². The molecule has 59 heavy (non-hydrogen) atoms. The molecule has 7 rings (SSSR count). The molecule has 7 nitrogen and oxygen atoms in total. The fourth-order valence-corrected chi connectivity index (χ4v) is 13.7. The molecule has 314 valence electrons. The SMILES string of the molecule is COC(c1cc(F)c([C@@H]2c3[nH]c4ccccc4c3C[C@@H](C)N2CC(F)(F)CO[Si](c2ccccc2)(c2ccccc2)C(C)(C)C)c(F)c1)C1CN(C(=O)OC(C)(C)C)C1. The lowest BCUT2D eigenvalue weighted by Crippen LogP contribution is -2.67. The average molecular weight is 830 g/mol. The number of ether oxygens (including phenoxy) is 2. The van der Waals surface area contributed by atoms with E-state index in [0.717, 1.165) is 26.8 Å². The Balaban J connectivity index is 1.23. The first kappa shape index (κ1) is 42.6. The molecule has 3 heterocycles. The normalized spacial score (nSPS) is 18.7. The molecular formula is C47H55F4N3O4Si. The Labute approximate surface area is 345 Å². The van der Waals surface area contributed by atoms with Gasteiger partial charge in [-0.25, -0.2) is 22.4 Å². The lowest BCUT2D eigenvalue weighted by atomic mass is 9.85. The number of rotatable bonds is 11. The zero-order chi connectivity index (χ0) is 42.5. The summed E-state index contributed by atoms with van der Waals surface area (Å²) >= 11 is 0. The molecule has 0 radical (unpaired) electrons. The van der Waals surface area contributed by atoms with E-state index in [1.807, 2.05) is 113 Å². The van der Waals surface area contributed by atoms with Gasteiger partial charge in [-0.2, -0.15) is 0 Å². The summed E-state index contributed by atoms with van der Waals surface area (Å²) in [6.45, 7) is 12.1. The molecule has 1 aromatic heterocycles. The number of aromatic amines is 1. The van der Waals surface area contributed by atoms with E-state index in [-0.39, 0.29) is 30.1 Å². The second-order valence-electron chi connectivity index (χ2n) is 18.2. The lowest BCUT2D eigenvalue weighted by Gasteiger charge is -2.45. The molecule has 1 fully saturated rings. The van der Waals surface area contributed by atoms with Crippen molar-refractivity contribution in [1.82, 2.24) is 14.8 Å². The van der Waals surface area contributed by atoms with E-state index in [2.05, 4.69) is 4.98 Å². The number of fused-ring (bicyclic) bond motifs is 3. The Morgan fingerprint density at radius 3 is 1.97 bits per heavy atom. The van der Waals surface area contributed by atoms with Gasteiger partial charge in [0, 0.05) is 54.3 Å². The van der Waals surface area contributed by atoms with Crippen LogP contribution in [0.2, 0.25) is 5.04 Å².